The Morgan fingerprint density at radius 1 is 1.03 bits per heavy atom. The fraction of sp³-hybridized carbons (Fsp3) is 0.333. The number of fused-ring (bicyclic) bond motifs is 2. The summed E-state index contributed by atoms with van der Waals surface area (Å²) in [6.45, 7) is 2.86. The minimum atomic E-state index is -0.653. The minimum absolute atomic E-state index is 0.0731. The van der Waals surface area contributed by atoms with E-state index in [0.29, 0.717) is 24.2 Å². The third-order valence-electron chi connectivity index (χ3n) is 6.54. The lowest BCUT2D eigenvalue weighted by molar-refractivity contribution is -0.136. The highest BCUT2D eigenvalue weighted by molar-refractivity contribution is 6.05. The Balaban J connectivity index is 1.30. The largest absolute Gasteiger partial charge is 0.322 e. The van der Waals surface area contributed by atoms with E-state index in [1.54, 1.807) is 18.2 Å². The van der Waals surface area contributed by atoms with Crippen molar-refractivity contribution in [1.29, 1.82) is 0 Å². The van der Waals surface area contributed by atoms with Crippen molar-refractivity contribution in [3.05, 3.63) is 64.7 Å². The number of carbonyl (C=O) groups excluding carboxylic acids is 4. The van der Waals surface area contributed by atoms with Gasteiger partial charge in [0.15, 0.2) is 0 Å². The van der Waals surface area contributed by atoms with Crippen molar-refractivity contribution in [2.45, 2.75) is 51.4 Å². The summed E-state index contributed by atoms with van der Waals surface area (Å²) in [4.78, 5) is 52.8. The number of benzene rings is 2. The number of imide groups is 1. The molecule has 0 spiro atoms. The molecule has 5 rings (SSSR count). The van der Waals surface area contributed by atoms with Crippen LogP contribution in [0.25, 0.3) is 0 Å². The average Bonchev–Trinajstić information content (AvgIpc) is 3.08. The normalized spacial score (nSPS) is 22.3. The Labute approximate surface area is 185 Å². The van der Waals surface area contributed by atoms with Crippen LogP contribution in [0.1, 0.15) is 46.8 Å². The fourth-order valence-electron chi connectivity index (χ4n) is 4.80. The molecule has 2 aromatic carbocycles. The van der Waals surface area contributed by atoms with E-state index in [2.05, 4.69) is 16.7 Å². The zero-order valence-electron chi connectivity index (χ0n) is 17.8. The molecule has 3 aliphatic rings. The first-order valence-corrected chi connectivity index (χ1v) is 10.8. The van der Waals surface area contributed by atoms with E-state index in [9.17, 15) is 19.2 Å². The van der Waals surface area contributed by atoms with Crippen LogP contribution in [0.4, 0.5) is 10.5 Å². The lowest BCUT2D eigenvalue weighted by Crippen LogP contribution is -2.52. The highest BCUT2D eigenvalue weighted by atomic mass is 16.2. The molecule has 3 heterocycles. The zero-order valence-corrected chi connectivity index (χ0v) is 17.8. The van der Waals surface area contributed by atoms with E-state index in [1.165, 1.54) is 10.5 Å². The number of amides is 5. The second-order valence-corrected chi connectivity index (χ2v) is 8.65. The summed E-state index contributed by atoms with van der Waals surface area (Å²) in [7, 11) is 0. The van der Waals surface area contributed by atoms with Crippen LogP contribution in [0.2, 0.25) is 0 Å². The maximum absolute atomic E-state index is 13.0. The molecule has 0 saturated carbocycles. The number of anilines is 1. The SMILES string of the molecule is CC1Cc2ccccc2CN1C(=O)Nc1ccc2c(c1)CN(C1CCC(=O)NC1=O)C2=O. The lowest BCUT2D eigenvalue weighted by atomic mass is 9.95. The first-order chi connectivity index (χ1) is 15.4. The Bertz CT molecular complexity index is 1140. The van der Waals surface area contributed by atoms with Crippen LogP contribution in [-0.2, 0) is 29.1 Å². The van der Waals surface area contributed by atoms with Crippen LogP contribution in [0, 0.1) is 0 Å². The smallest absolute Gasteiger partial charge is 0.322 e. The molecule has 0 radical (unpaired) electrons. The predicted molar refractivity (Wildman–Crippen MR) is 117 cm³/mol. The lowest BCUT2D eigenvalue weighted by Gasteiger charge is -2.34. The maximum atomic E-state index is 13.0. The third kappa shape index (κ3) is 3.51. The Morgan fingerprint density at radius 2 is 1.81 bits per heavy atom. The summed E-state index contributed by atoms with van der Waals surface area (Å²) in [6.07, 6.45) is 1.35. The monoisotopic (exact) mass is 432 g/mol. The molecule has 2 N–H and O–H groups in total. The number of nitrogens with zero attached hydrogens (tertiary/aromatic N) is 2. The summed E-state index contributed by atoms with van der Waals surface area (Å²) in [6, 6.07) is 12.6. The number of hydrogen-bond acceptors (Lipinski definition) is 4. The van der Waals surface area contributed by atoms with Gasteiger partial charge in [0.05, 0.1) is 0 Å². The van der Waals surface area contributed by atoms with Gasteiger partial charge in [0.1, 0.15) is 6.04 Å². The van der Waals surface area contributed by atoms with E-state index in [0.717, 1.165) is 17.5 Å². The number of urea groups is 1. The molecule has 32 heavy (non-hydrogen) atoms. The van der Waals surface area contributed by atoms with Crippen molar-refractivity contribution >= 4 is 29.4 Å². The summed E-state index contributed by atoms with van der Waals surface area (Å²) in [5, 5.41) is 5.26. The highest BCUT2D eigenvalue weighted by Crippen LogP contribution is 2.30. The van der Waals surface area contributed by atoms with Gasteiger partial charge in [0.25, 0.3) is 5.91 Å². The molecule has 8 heteroatoms. The average molecular weight is 432 g/mol. The standard InChI is InChI=1S/C24H24N4O4/c1-14-10-15-4-2-3-5-16(15)12-27(14)24(32)25-18-6-7-19-17(11-18)13-28(23(19)31)20-8-9-21(29)26-22(20)30/h2-7,11,14,20H,8-10,12-13H2,1H3,(H,25,32)(H,26,29,30). The molecule has 0 aromatic heterocycles. The Morgan fingerprint density at radius 3 is 2.59 bits per heavy atom. The first kappa shape index (κ1) is 20.2. The van der Waals surface area contributed by atoms with Gasteiger partial charge in [-0.05, 0) is 54.7 Å². The van der Waals surface area contributed by atoms with Gasteiger partial charge < -0.3 is 15.1 Å². The Hall–Kier alpha value is -3.68. The number of hydrogen-bond donors (Lipinski definition) is 2. The molecule has 2 unspecified atom stereocenters. The van der Waals surface area contributed by atoms with Crippen LogP contribution in [0.3, 0.4) is 0 Å². The van der Waals surface area contributed by atoms with Gasteiger partial charge in [-0.1, -0.05) is 24.3 Å². The van der Waals surface area contributed by atoms with Gasteiger partial charge >= 0.3 is 6.03 Å². The molecule has 0 aliphatic carbocycles. The molecule has 0 bridgehead atoms. The molecule has 2 atom stereocenters. The van der Waals surface area contributed by atoms with E-state index in [4.69, 9.17) is 0 Å². The van der Waals surface area contributed by atoms with Gasteiger partial charge in [-0.3, -0.25) is 19.7 Å². The van der Waals surface area contributed by atoms with Crippen molar-refractivity contribution < 1.29 is 19.2 Å². The van der Waals surface area contributed by atoms with Crippen molar-refractivity contribution in [1.82, 2.24) is 15.1 Å². The van der Waals surface area contributed by atoms with Gasteiger partial charge in [-0.25, -0.2) is 4.79 Å². The zero-order chi connectivity index (χ0) is 22.4. The van der Waals surface area contributed by atoms with Crippen LogP contribution in [0.15, 0.2) is 42.5 Å². The summed E-state index contributed by atoms with van der Waals surface area (Å²) in [5.41, 5.74) is 4.31. The molecular weight excluding hydrogens is 408 g/mol. The number of carbonyl (C=O) groups is 4. The van der Waals surface area contributed by atoms with Crippen molar-refractivity contribution in [2.75, 3.05) is 5.32 Å². The van der Waals surface area contributed by atoms with Gasteiger partial charge in [0.2, 0.25) is 11.8 Å². The highest BCUT2D eigenvalue weighted by Gasteiger charge is 2.39. The topological polar surface area (TPSA) is 98.8 Å². The van der Waals surface area contributed by atoms with Crippen LogP contribution in [0.5, 0.6) is 0 Å². The van der Waals surface area contributed by atoms with Crippen molar-refractivity contribution in [3.63, 3.8) is 0 Å². The van der Waals surface area contributed by atoms with Crippen LogP contribution >= 0.6 is 0 Å². The summed E-state index contributed by atoms with van der Waals surface area (Å²) >= 11 is 0. The Kier molecular flexibility index (Phi) is 4.92. The van der Waals surface area contributed by atoms with Crippen LogP contribution in [-0.4, -0.2) is 45.6 Å². The second-order valence-electron chi connectivity index (χ2n) is 8.65. The number of rotatable bonds is 2. The molecule has 1 fully saturated rings. The number of piperidine rings is 1. The minimum Gasteiger partial charge on any atom is -0.322 e. The van der Waals surface area contributed by atoms with E-state index in [1.807, 2.05) is 30.0 Å². The fourth-order valence-corrected chi connectivity index (χ4v) is 4.80. The van der Waals surface area contributed by atoms with E-state index in [-0.39, 0.29) is 36.9 Å². The molecule has 164 valence electrons. The maximum Gasteiger partial charge on any atom is 0.322 e. The summed E-state index contributed by atoms with van der Waals surface area (Å²) < 4.78 is 0. The first-order valence-electron chi connectivity index (χ1n) is 10.8. The number of nitrogens with one attached hydrogen (secondary N) is 2. The molecule has 3 aliphatic heterocycles. The third-order valence-corrected chi connectivity index (χ3v) is 6.54. The van der Waals surface area contributed by atoms with Crippen molar-refractivity contribution in [2.24, 2.45) is 0 Å². The summed E-state index contributed by atoms with van der Waals surface area (Å²) in [5.74, 6) is -0.973. The molecule has 8 nitrogen and oxygen atoms in total. The quantitative estimate of drug-likeness (QED) is 0.712. The molecule has 1 saturated heterocycles. The van der Waals surface area contributed by atoms with Gasteiger partial charge in [0, 0.05) is 36.8 Å². The van der Waals surface area contributed by atoms with Gasteiger partial charge in [-0.2, -0.15) is 0 Å². The molecule has 2 aromatic rings. The second kappa shape index (κ2) is 7.78. The van der Waals surface area contributed by atoms with Crippen LogP contribution < -0.4 is 10.6 Å². The van der Waals surface area contributed by atoms with E-state index >= 15 is 0 Å². The molecule has 5 amide bonds. The van der Waals surface area contributed by atoms with Crippen molar-refractivity contribution in [3.8, 4) is 0 Å². The van der Waals surface area contributed by atoms with E-state index < -0.39 is 11.9 Å². The molecular formula is C24H24N4O4. The predicted octanol–water partition coefficient (Wildman–Crippen LogP) is 2.43. The van der Waals surface area contributed by atoms with Gasteiger partial charge in [-0.15, -0.1) is 0 Å².